The van der Waals surface area contributed by atoms with Crippen molar-refractivity contribution < 1.29 is 14.4 Å². The van der Waals surface area contributed by atoms with Crippen LogP contribution < -0.4 is 5.32 Å². The van der Waals surface area contributed by atoms with Gasteiger partial charge < -0.3 is 5.32 Å². The van der Waals surface area contributed by atoms with Crippen LogP contribution in [-0.4, -0.2) is 32.3 Å². The summed E-state index contributed by atoms with van der Waals surface area (Å²) in [6.07, 6.45) is 0. The van der Waals surface area contributed by atoms with E-state index in [1.165, 1.54) is 13.8 Å². The van der Waals surface area contributed by atoms with Gasteiger partial charge in [-0.2, -0.15) is 0 Å². The number of carbonyl (C=O) groups excluding carboxylic acids is 3. The summed E-state index contributed by atoms with van der Waals surface area (Å²) in [6.45, 7) is 2.47. The van der Waals surface area contributed by atoms with Crippen LogP contribution in [0, 0.1) is 0 Å². The number of rotatable bonds is 1. The molecule has 1 N–H and O–H groups in total. The minimum Gasteiger partial charge on any atom is -0.309 e. The first kappa shape index (κ1) is 11.1. The van der Waals surface area contributed by atoms with Gasteiger partial charge in [-0.15, -0.1) is 0 Å². The first-order valence-corrected chi connectivity index (χ1v) is 5.04. The number of imide groups is 1. The van der Waals surface area contributed by atoms with Crippen molar-refractivity contribution in [3.05, 3.63) is 0 Å². The lowest BCUT2D eigenvalue weighted by Gasteiger charge is -2.20. The molecule has 0 bridgehead atoms. The fourth-order valence-corrected chi connectivity index (χ4v) is 2.37. The number of hydrogen-bond acceptors (Lipinski definition) is 5. The average molecular weight is 232 g/mol. The number of nitrogens with zero attached hydrogens (tertiary/aromatic N) is 1. The number of nitrogens with one attached hydrogen (secondary N) is 1. The molecule has 1 fully saturated rings. The molecular weight excluding hydrogens is 224 g/mol. The Morgan fingerprint density at radius 1 is 1.43 bits per heavy atom. The lowest BCUT2D eigenvalue weighted by molar-refractivity contribution is -0.146. The van der Waals surface area contributed by atoms with Crippen molar-refractivity contribution in [3.63, 3.8) is 0 Å². The Morgan fingerprint density at radius 2 is 1.93 bits per heavy atom. The van der Waals surface area contributed by atoms with E-state index < -0.39 is 23.1 Å². The van der Waals surface area contributed by atoms with E-state index in [2.05, 4.69) is 5.32 Å². The third-order valence-electron chi connectivity index (χ3n) is 1.58. The van der Waals surface area contributed by atoms with E-state index in [0.29, 0.717) is 0 Å². The molecule has 7 heteroatoms. The zero-order valence-electron chi connectivity index (χ0n) is 7.57. The molecule has 1 rings (SSSR count). The standard InChI is InChI=1S/C7H8N2O3S2/c1-3(10)9(4(2)11)6-5(12)8-7(13)14-6/h6H,1-2H3,(H,8,12,13). The van der Waals surface area contributed by atoms with Gasteiger partial charge >= 0.3 is 0 Å². The Hall–Kier alpha value is -0.950. The molecule has 0 spiro atoms. The molecule has 3 amide bonds. The smallest absolute Gasteiger partial charge is 0.259 e. The largest absolute Gasteiger partial charge is 0.309 e. The van der Waals surface area contributed by atoms with Crippen molar-refractivity contribution in [2.24, 2.45) is 0 Å². The highest BCUT2D eigenvalue weighted by Crippen LogP contribution is 2.23. The first-order valence-electron chi connectivity index (χ1n) is 3.75. The SMILES string of the molecule is CC(=O)N(C(C)=O)C1SC(=S)NC1=O. The van der Waals surface area contributed by atoms with Crippen LogP contribution in [0.3, 0.4) is 0 Å². The molecular formula is C7H8N2O3S2. The van der Waals surface area contributed by atoms with Crippen molar-refractivity contribution in [1.82, 2.24) is 10.2 Å². The van der Waals surface area contributed by atoms with E-state index in [4.69, 9.17) is 12.2 Å². The maximum atomic E-state index is 11.3. The second kappa shape index (κ2) is 4.05. The summed E-state index contributed by atoms with van der Waals surface area (Å²) in [4.78, 5) is 34.3. The molecule has 76 valence electrons. The third kappa shape index (κ3) is 2.10. The van der Waals surface area contributed by atoms with E-state index in [1.54, 1.807) is 0 Å². The fraction of sp³-hybridized carbons (Fsp3) is 0.429. The van der Waals surface area contributed by atoms with Crippen molar-refractivity contribution in [2.75, 3.05) is 0 Å². The van der Waals surface area contributed by atoms with Crippen molar-refractivity contribution in [2.45, 2.75) is 19.2 Å². The van der Waals surface area contributed by atoms with Crippen LogP contribution in [0.15, 0.2) is 0 Å². The van der Waals surface area contributed by atoms with Gasteiger partial charge in [0.2, 0.25) is 11.8 Å². The Morgan fingerprint density at radius 3 is 2.21 bits per heavy atom. The predicted octanol–water partition coefficient (Wildman–Crippen LogP) is -0.145. The normalized spacial score (nSPS) is 20.6. The molecule has 1 unspecified atom stereocenters. The molecule has 1 saturated heterocycles. The number of hydrogen-bond donors (Lipinski definition) is 1. The van der Waals surface area contributed by atoms with Gasteiger partial charge in [0.05, 0.1) is 0 Å². The second-order valence-electron chi connectivity index (χ2n) is 2.65. The molecule has 0 aromatic rings. The van der Waals surface area contributed by atoms with E-state index in [0.717, 1.165) is 16.7 Å². The molecule has 0 aromatic carbocycles. The number of thiocarbonyl (C=S) groups is 1. The Balaban J connectivity index is 2.90. The van der Waals surface area contributed by atoms with Gasteiger partial charge in [-0.25, -0.2) is 0 Å². The van der Waals surface area contributed by atoms with E-state index >= 15 is 0 Å². The average Bonchev–Trinajstić information content (AvgIpc) is 2.29. The Labute approximate surface area is 90.2 Å². The molecule has 0 aromatic heterocycles. The fourth-order valence-electron chi connectivity index (χ4n) is 1.07. The highest BCUT2D eigenvalue weighted by molar-refractivity contribution is 8.24. The Bertz CT molecular complexity index is 315. The van der Waals surface area contributed by atoms with Gasteiger partial charge in [0.15, 0.2) is 5.37 Å². The molecule has 1 atom stereocenters. The van der Waals surface area contributed by atoms with E-state index in [9.17, 15) is 14.4 Å². The van der Waals surface area contributed by atoms with Crippen molar-refractivity contribution in [3.8, 4) is 0 Å². The molecule has 5 nitrogen and oxygen atoms in total. The molecule has 1 heterocycles. The molecule has 0 saturated carbocycles. The number of amides is 3. The second-order valence-corrected chi connectivity index (χ2v) is 4.41. The van der Waals surface area contributed by atoms with Crippen LogP contribution in [0.1, 0.15) is 13.8 Å². The molecule has 0 radical (unpaired) electrons. The first-order chi connectivity index (χ1) is 6.43. The van der Waals surface area contributed by atoms with Gasteiger partial charge in [-0.3, -0.25) is 19.3 Å². The summed E-state index contributed by atoms with van der Waals surface area (Å²) in [5.41, 5.74) is 0. The quantitative estimate of drug-likeness (QED) is 0.637. The monoisotopic (exact) mass is 232 g/mol. The lowest BCUT2D eigenvalue weighted by atomic mass is 10.4. The minimum absolute atomic E-state index is 0.285. The van der Waals surface area contributed by atoms with Crippen LogP contribution in [0.5, 0.6) is 0 Å². The number of carbonyl (C=O) groups is 3. The minimum atomic E-state index is -0.850. The van der Waals surface area contributed by atoms with Crippen LogP contribution in [0.25, 0.3) is 0 Å². The molecule has 14 heavy (non-hydrogen) atoms. The maximum Gasteiger partial charge on any atom is 0.259 e. The van der Waals surface area contributed by atoms with Crippen molar-refractivity contribution in [1.29, 1.82) is 0 Å². The summed E-state index contributed by atoms with van der Waals surface area (Å²) >= 11 is 5.74. The third-order valence-corrected chi connectivity index (χ3v) is 2.94. The van der Waals surface area contributed by atoms with Crippen LogP contribution in [-0.2, 0) is 14.4 Å². The van der Waals surface area contributed by atoms with Crippen molar-refractivity contribution >= 4 is 46.0 Å². The van der Waals surface area contributed by atoms with Gasteiger partial charge in [-0.05, 0) is 0 Å². The van der Waals surface area contributed by atoms with E-state index in [1.807, 2.05) is 0 Å². The zero-order valence-corrected chi connectivity index (χ0v) is 9.20. The molecule has 1 aliphatic heterocycles. The van der Waals surface area contributed by atoms with Crippen LogP contribution >= 0.6 is 24.0 Å². The summed E-state index contributed by atoms with van der Waals surface area (Å²) in [7, 11) is 0. The predicted molar refractivity (Wildman–Crippen MR) is 55.3 cm³/mol. The zero-order chi connectivity index (χ0) is 10.9. The summed E-state index contributed by atoms with van der Waals surface area (Å²) in [5.74, 6) is -1.35. The summed E-state index contributed by atoms with van der Waals surface area (Å²) in [6, 6.07) is 0. The molecule has 1 aliphatic rings. The molecule has 0 aliphatic carbocycles. The Kier molecular flexibility index (Phi) is 3.22. The maximum absolute atomic E-state index is 11.3. The van der Waals surface area contributed by atoms with Gasteiger partial charge in [0, 0.05) is 13.8 Å². The summed E-state index contributed by atoms with van der Waals surface area (Å²) < 4.78 is 0.285. The lowest BCUT2D eigenvalue weighted by Crippen LogP contribution is -2.44. The topological polar surface area (TPSA) is 66.5 Å². The van der Waals surface area contributed by atoms with E-state index in [-0.39, 0.29) is 4.32 Å². The van der Waals surface area contributed by atoms with Gasteiger partial charge in [0.25, 0.3) is 5.91 Å². The number of thioether (sulfide) groups is 1. The van der Waals surface area contributed by atoms with Gasteiger partial charge in [0.1, 0.15) is 4.32 Å². The van der Waals surface area contributed by atoms with Crippen LogP contribution in [0.2, 0.25) is 0 Å². The highest BCUT2D eigenvalue weighted by Gasteiger charge is 2.37. The summed E-state index contributed by atoms with van der Waals surface area (Å²) in [5, 5.41) is 1.52. The van der Waals surface area contributed by atoms with Crippen LogP contribution in [0.4, 0.5) is 0 Å². The van der Waals surface area contributed by atoms with Gasteiger partial charge in [-0.1, -0.05) is 24.0 Å². The highest BCUT2D eigenvalue weighted by atomic mass is 32.2.